The second-order valence-corrected chi connectivity index (χ2v) is 11.4. The highest BCUT2D eigenvalue weighted by Gasteiger charge is 2.39. The lowest BCUT2D eigenvalue weighted by atomic mass is 9.82. The van der Waals surface area contributed by atoms with Gasteiger partial charge in [-0.3, -0.25) is 9.69 Å². The predicted octanol–water partition coefficient (Wildman–Crippen LogP) is 7.17. The van der Waals surface area contributed by atoms with E-state index in [-0.39, 0.29) is 30.0 Å². The van der Waals surface area contributed by atoms with Gasteiger partial charge in [-0.05, 0) is 78.5 Å². The smallest absolute Gasteiger partial charge is 0.401 e. The van der Waals surface area contributed by atoms with Crippen molar-refractivity contribution in [2.24, 2.45) is 11.8 Å². The molecule has 5 rings (SSSR count). The fourth-order valence-corrected chi connectivity index (χ4v) is 6.00. The number of carboxylic acids is 1. The van der Waals surface area contributed by atoms with Crippen molar-refractivity contribution in [1.29, 1.82) is 0 Å². The molecule has 2 heterocycles. The number of carbonyl (C=O) groups is 1. The van der Waals surface area contributed by atoms with Gasteiger partial charge in [-0.15, -0.1) is 0 Å². The van der Waals surface area contributed by atoms with Crippen molar-refractivity contribution in [2.75, 3.05) is 20.7 Å². The highest BCUT2D eigenvalue weighted by Crippen LogP contribution is 2.48. The fraction of sp³-hybridized carbons (Fsp3) is 0.438. The molecule has 1 fully saturated rings. The molecule has 224 valence electrons. The van der Waals surface area contributed by atoms with Crippen LogP contribution in [0.1, 0.15) is 60.5 Å². The van der Waals surface area contributed by atoms with Crippen LogP contribution in [0.15, 0.2) is 48.7 Å². The lowest BCUT2D eigenvalue weighted by Gasteiger charge is -2.29. The molecule has 0 radical (unpaired) electrons. The van der Waals surface area contributed by atoms with E-state index in [1.807, 2.05) is 24.3 Å². The van der Waals surface area contributed by atoms with Gasteiger partial charge in [0.15, 0.2) is 0 Å². The van der Waals surface area contributed by atoms with E-state index < -0.39 is 30.4 Å². The van der Waals surface area contributed by atoms with Gasteiger partial charge in [0.05, 0.1) is 25.8 Å². The average Bonchev–Trinajstić information content (AvgIpc) is 3.77. The minimum Gasteiger partial charge on any atom is -0.485 e. The number of ether oxygens (including phenoxy) is 2. The first kappa shape index (κ1) is 29.8. The van der Waals surface area contributed by atoms with Crippen LogP contribution in [-0.4, -0.2) is 47.8 Å². The van der Waals surface area contributed by atoms with Gasteiger partial charge in [0.25, 0.3) is 0 Å². The minimum absolute atomic E-state index is 0.0731. The molecule has 1 N–H and O–H groups in total. The van der Waals surface area contributed by atoms with E-state index in [0.29, 0.717) is 29.2 Å². The molecule has 3 atom stereocenters. The second-order valence-electron chi connectivity index (χ2n) is 11.4. The molecule has 2 unspecified atom stereocenters. The van der Waals surface area contributed by atoms with Crippen LogP contribution in [0.25, 0.3) is 11.1 Å². The molecule has 6 nitrogen and oxygen atoms in total. The van der Waals surface area contributed by atoms with Crippen molar-refractivity contribution in [3.8, 4) is 22.8 Å². The first-order valence-corrected chi connectivity index (χ1v) is 14.0. The number of methoxy groups -OCH3 is 1. The summed E-state index contributed by atoms with van der Waals surface area (Å²) in [6.45, 7) is 0.552. The number of benzene rings is 2. The Kier molecular flexibility index (Phi) is 8.46. The number of alkyl halides is 3. The third-order valence-electron chi connectivity index (χ3n) is 8.20. The van der Waals surface area contributed by atoms with Crippen LogP contribution in [0.4, 0.5) is 17.6 Å². The van der Waals surface area contributed by atoms with Gasteiger partial charge in [0.2, 0.25) is 5.88 Å². The molecular weight excluding hydrogens is 552 g/mol. The number of hydrogen-bond donors (Lipinski definition) is 1. The molecule has 3 aromatic rings. The molecular formula is C32H34F4N2O4. The molecule has 0 amide bonds. The fourth-order valence-electron chi connectivity index (χ4n) is 6.00. The van der Waals surface area contributed by atoms with Crippen LogP contribution in [0.2, 0.25) is 0 Å². The maximum Gasteiger partial charge on any atom is 0.401 e. The van der Waals surface area contributed by atoms with Crippen molar-refractivity contribution in [2.45, 2.75) is 57.3 Å². The van der Waals surface area contributed by atoms with Gasteiger partial charge < -0.3 is 14.6 Å². The van der Waals surface area contributed by atoms with Crippen molar-refractivity contribution in [1.82, 2.24) is 9.88 Å². The van der Waals surface area contributed by atoms with E-state index in [0.717, 1.165) is 47.0 Å². The monoisotopic (exact) mass is 586 g/mol. The summed E-state index contributed by atoms with van der Waals surface area (Å²) in [6, 6.07) is 12.7. The van der Waals surface area contributed by atoms with E-state index in [2.05, 4.69) is 4.98 Å². The lowest BCUT2D eigenvalue weighted by Crippen LogP contribution is -2.30. The highest BCUT2D eigenvalue weighted by molar-refractivity contribution is 5.71. The first-order chi connectivity index (χ1) is 19.9. The summed E-state index contributed by atoms with van der Waals surface area (Å²) in [4.78, 5) is 16.8. The summed E-state index contributed by atoms with van der Waals surface area (Å²) in [5.74, 6) is -0.838. The number of aliphatic carboxylic acids is 1. The Bertz CT molecular complexity index is 1460. The van der Waals surface area contributed by atoms with Crippen molar-refractivity contribution in [3.05, 3.63) is 76.7 Å². The number of pyridine rings is 1. The van der Waals surface area contributed by atoms with Crippen LogP contribution < -0.4 is 9.47 Å². The van der Waals surface area contributed by atoms with Gasteiger partial charge in [-0.25, -0.2) is 9.37 Å². The Morgan fingerprint density at radius 1 is 1.14 bits per heavy atom. The largest absolute Gasteiger partial charge is 0.485 e. The summed E-state index contributed by atoms with van der Waals surface area (Å²) < 4.78 is 66.0. The molecule has 42 heavy (non-hydrogen) atoms. The number of hydrogen-bond acceptors (Lipinski definition) is 5. The Morgan fingerprint density at radius 3 is 2.57 bits per heavy atom. The molecule has 0 bridgehead atoms. The molecule has 0 saturated heterocycles. The zero-order valence-electron chi connectivity index (χ0n) is 23.7. The molecule has 1 aromatic heterocycles. The first-order valence-electron chi connectivity index (χ1n) is 14.0. The Hall–Kier alpha value is -3.66. The summed E-state index contributed by atoms with van der Waals surface area (Å²) in [6.07, 6.45) is -0.342. The standard InChI is InChI=1S/C32H34F4N2O4/c1-18(31(39)40)30(20-5-6-20)22-7-4-19-9-11-27(42-28(19)13-22)21-8-10-24(25-14-29(41-3)37-15-26(25)33)23(12-21)16-38(2)17-32(34,35)36/h4,7-8,10,12-15,18,20,27,30H,5-6,9,11,16-17H2,1-3H3,(H,39,40)/t18-,27?,30?/m0/s1. The number of aryl methyl sites for hydroxylation is 1. The normalized spacial score (nSPS) is 18.2. The van der Waals surface area contributed by atoms with Gasteiger partial charge in [-0.1, -0.05) is 37.3 Å². The molecule has 10 heteroatoms. The number of halogens is 4. The minimum atomic E-state index is -4.39. The van der Waals surface area contributed by atoms with Crippen LogP contribution >= 0.6 is 0 Å². The number of nitrogens with zero attached hydrogens (tertiary/aromatic N) is 2. The van der Waals surface area contributed by atoms with Crippen LogP contribution in [0.5, 0.6) is 11.6 Å². The molecule has 0 spiro atoms. The number of rotatable bonds is 10. The van der Waals surface area contributed by atoms with Crippen molar-refractivity contribution >= 4 is 5.97 Å². The Balaban J connectivity index is 1.47. The van der Waals surface area contributed by atoms with E-state index in [1.165, 1.54) is 20.2 Å². The van der Waals surface area contributed by atoms with Crippen LogP contribution in [0.3, 0.4) is 0 Å². The van der Waals surface area contributed by atoms with Crippen LogP contribution in [0, 0.1) is 17.7 Å². The summed E-state index contributed by atoms with van der Waals surface area (Å²) in [7, 11) is 2.78. The van der Waals surface area contributed by atoms with Crippen molar-refractivity contribution < 1.29 is 36.9 Å². The van der Waals surface area contributed by atoms with Gasteiger partial charge in [0.1, 0.15) is 17.7 Å². The number of carboxylic acid groups (broad SMARTS) is 1. The third-order valence-corrected chi connectivity index (χ3v) is 8.20. The molecule has 1 saturated carbocycles. The third kappa shape index (κ3) is 6.69. The molecule has 2 aromatic carbocycles. The Labute approximate surface area is 242 Å². The Morgan fingerprint density at radius 2 is 1.90 bits per heavy atom. The van der Waals surface area contributed by atoms with Crippen LogP contribution in [-0.2, 0) is 17.8 Å². The van der Waals surface area contributed by atoms with Gasteiger partial charge in [-0.2, -0.15) is 13.2 Å². The summed E-state index contributed by atoms with van der Waals surface area (Å²) in [5.41, 5.74) is 3.88. The molecule has 2 aliphatic rings. The van der Waals surface area contributed by atoms with E-state index in [1.54, 1.807) is 19.1 Å². The quantitative estimate of drug-likeness (QED) is 0.254. The highest BCUT2D eigenvalue weighted by atomic mass is 19.4. The van der Waals surface area contributed by atoms with E-state index in [9.17, 15) is 27.5 Å². The summed E-state index contributed by atoms with van der Waals surface area (Å²) >= 11 is 0. The van der Waals surface area contributed by atoms with E-state index in [4.69, 9.17) is 9.47 Å². The van der Waals surface area contributed by atoms with E-state index >= 15 is 0 Å². The number of aromatic nitrogens is 1. The topological polar surface area (TPSA) is 71.9 Å². The van der Waals surface area contributed by atoms with Crippen molar-refractivity contribution in [3.63, 3.8) is 0 Å². The second kappa shape index (κ2) is 11.9. The maximum atomic E-state index is 14.9. The lowest BCUT2D eigenvalue weighted by molar-refractivity contribution is -0.144. The van der Waals surface area contributed by atoms with Gasteiger partial charge in [0, 0.05) is 18.2 Å². The van der Waals surface area contributed by atoms with Gasteiger partial charge >= 0.3 is 12.1 Å². The molecule has 1 aliphatic carbocycles. The maximum absolute atomic E-state index is 14.9. The summed E-state index contributed by atoms with van der Waals surface area (Å²) in [5, 5.41) is 9.69. The SMILES string of the molecule is COc1cc(-c2ccc(C3CCc4ccc(C(C5CC5)[C@H](C)C(=O)O)cc4O3)cc2CN(C)CC(F)(F)F)c(F)cn1. The zero-order valence-corrected chi connectivity index (χ0v) is 23.7. The molecule has 1 aliphatic heterocycles. The zero-order chi connectivity index (χ0) is 30.2. The average molecular weight is 587 g/mol. The predicted molar refractivity (Wildman–Crippen MR) is 149 cm³/mol. The number of fused-ring (bicyclic) bond motifs is 1.